The van der Waals surface area contributed by atoms with Crippen LogP contribution in [0.5, 0.6) is 0 Å². The monoisotopic (exact) mass is 365 g/mol. The summed E-state index contributed by atoms with van der Waals surface area (Å²) in [6.45, 7) is 3.68. The maximum absolute atomic E-state index is 13.0. The van der Waals surface area contributed by atoms with Crippen molar-refractivity contribution in [1.29, 1.82) is 0 Å². The Morgan fingerprint density at radius 2 is 2.00 bits per heavy atom. The van der Waals surface area contributed by atoms with Gasteiger partial charge in [-0.2, -0.15) is 0 Å². The number of hydrogen-bond donors (Lipinski definition) is 1. The van der Waals surface area contributed by atoms with Crippen molar-refractivity contribution in [3.63, 3.8) is 0 Å². The average molecular weight is 365 g/mol. The molecule has 1 aromatic carbocycles. The van der Waals surface area contributed by atoms with Crippen molar-refractivity contribution in [3.05, 3.63) is 64.2 Å². The standard InChI is InChI=1S/C20H23N5O2/c1-14-21-11-15(12-22-14)13-24-8-4-7-18(24)19-23-17-6-3-2-5-16(17)20(27)25(19)9-10-26/h2-3,5-6,11-12,18,26H,4,7-10,13H2,1H3. The van der Waals surface area contributed by atoms with Gasteiger partial charge in [0.15, 0.2) is 0 Å². The first-order valence-electron chi connectivity index (χ1n) is 9.29. The summed E-state index contributed by atoms with van der Waals surface area (Å²) in [7, 11) is 0. The van der Waals surface area contributed by atoms with E-state index in [1.165, 1.54) is 0 Å². The molecule has 7 nitrogen and oxygen atoms in total. The van der Waals surface area contributed by atoms with Crippen molar-refractivity contribution in [3.8, 4) is 0 Å². The Hall–Kier alpha value is -2.64. The minimum Gasteiger partial charge on any atom is -0.395 e. The van der Waals surface area contributed by atoms with Crippen molar-refractivity contribution in [2.75, 3.05) is 13.2 Å². The van der Waals surface area contributed by atoms with E-state index in [0.717, 1.165) is 36.6 Å². The lowest BCUT2D eigenvalue weighted by Crippen LogP contribution is -2.33. The highest BCUT2D eigenvalue weighted by molar-refractivity contribution is 5.77. The predicted octanol–water partition coefficient (Wildman–Crippen LogP) is 1.82. The molecule has 0 amide bonds. The van der Waals surface area contributed by atoms with Crippen LogP contribution in [0.1, 0.15) is 36.1 Å². The molecule has 0 radical (unpaired) electrons. The molecule has 3 aromatic rings. The van der Waals surface area contributed by atoms with Gasteiger partial charge in [0.2, 0.25) is 0 Å². The molecule has 7 heteroatoms. The second kappa shape index (κ2) is 7.54. The summed E-state index contributed by atoms with van der Waals surface area (Å²) in [5, 5.41) is 10.1. The van der Waals surface area contributed by atoms with Crippen LogP contribution in [0.4, 0.5) is 0 Å². The third-order valence-electron chi connectivity index (χ3n) is 5.10. The zero-order chi connectivity index (χ0) is 18.8. The molecule has 2 aromatic heterocycles. The van der Waals surface area contributed by atoms with E-state index >= 15 is 0 Å². The number of aryl methyl sites for hydroxylation is 1. The first-order valence-corrected chi connectivity index (χ1v) is 9.29. The van der Waals surface area contributed by atoms with Gasteiger partial charge in [0.05, 0.1) is 30.1 Å². The van der Waals surface area contributed by atoms with Crippen LogP contribution in [0, 0.1) is 6.92 Å². The van der Waals surface area contributed by atoms with Crippen LogP contribution in [-0.2, 0) is 13.1 Å². The van der Waals surface area contributed by atoms with Crippen molar-refractivity contribution < 1.29 is 5.11 Å². The lowest BCUT2D eigenvalue weighted by Gasteiger charge is -2.26. The van der Waals surface area contributed by atoms with Crippen LogP contribution in [0.15, 0.2) is 41.5 Å². The van der Waals surface area contributed by atoms with Crippen LogP contribution in [0.2, 0.25) is 0 Å². The molecule has 3 heterocycles. The van der Waals surface area contributed by atoms with Gasteiger partial charge < -0.3 is 5.11 Å². The SMILES string of the molecule is Cc1ncc(CN2CCCC2c2nc3ccccc3c(=O)n2CCO)cn1. The molecule has 1 fully saturated rings. The summed E-state index contributed by atoms with van der Waals surface area (Å²) in [6.07, 6.45) is 5.68. The smallest absolute Gasteiger partial charge is 0.261 e. The molecule has 1 aliphatic rings. The minimum atomic E-state index is -0.0918. The van der Waals surface area contributed by atoms with Gasteiger partial charge in [0.25, 0.3) is 5.56 Å². The van der Waals surface area contributed by atoms with Crippen LogP contribution >= 0.6 is 0 Å². The molecule has 1 saturated heterocycles. The van der Waals surface area contributed by atoms with E-state index in [1.54, 1.807) is 10.6 Å². The van der Waals surface area contributed by atoms with E-state index in [4.69, 9.17) is 4.98 Å². The quantitative estimate of drug-likeness (QED) is 0.743. The predicted molar refractivity (Wildman–Crippen MR) is 102 cm³/mol. The Labute approximate surface area is 157 Å². The number of para-hydroxylation sites is 1. The normalized spacial score (nSPS) is 17.6. The van der Waals surface area contributed by atoms with E-state index in [-0.39, 0.29) is 24.8 Å². The molecule has 1 N–H and O–H groups in total. The summed E-state index contributed by atoms with van der Waals surface area (Å²) in [4.78, 5) is 28.7. The fourth-order valence-electron chi connectivity index (χ4n) is 3.80. The first-order chi connectivity index (χ1) is 13.2. The molecule has 0 aliphatic carbocycles. The summed E-state index contributed by atoms with van der Waals surface area (Å²) in [5.74, 6) is 1.49. The second-order valence-corrected chi connectivity index (χ2v) is 6.93. The van der Waals surface area contributed by atoms with E-state index in [2.05, 4.69) is 14.9 Å². The molecule has 27 heavy (non-hydrogen) atoms. The third kappa shape index (κ3) is 3.48. The van der Waals surface area contributed by atoms with Crippen LogP contribution in [-0.4, -0.2) is 42.7 Å². The molecule has 1 atom stereocenters. The third-order valence-corrected chi connectivity index (χ3v) is 5.10. The number of benzene rings is 1. The van der Waals surface area contributed by atoms with E-state index in [1.807, 2.05) is 37.5 Å². The van der Waals surface area contributed by atoms with E-state index in [9.17, 15) is 9.90 Å². The highest BCUT2D eigenvalue weighted by atomic mass is 16.3. The number of aliphatic hydroxyl groups is 1. The van der Waals surface area contributed by atoms with Crippen molar-refractivity contribution in [2.45, 2.75) is 38.9 Å². The van der Waals surface area contributed by atoms with Crippen LogP contribution in [0.3, 0.4) is 0 Å². The molecular weight excluding hydrogens is 342 g/mol. The summed E-state index contributed by atoms with van der Waals surface area (Å²) >= 11 is 0. The fourth-order valence-corrected chi connectivity index (χ4v) is 3.80. The maximum Gasteiger partial charge on any atom is 0.261 e. The molecule has 0 spiro atoms. The van der Waals surface area contributed by atoms with E-state index in [0.29, 0.717) is 17.4 Å². The van der Waals surface area contributed by atoms with Crippen LogP contribution < -0.4 is 5.56 Å². The van der Waals surface area contributed by atoms with Gasteiger partial charge >= 0.3 is 0 Å². The van der Waals surface area contributed by atoms with Gasteiger partial charge in [0, 0.05) is 24.5 Å². The van der Waals surface area contributed by atoms with Gasteiger partial charge in [-0.3, -0.25) is 14.3 Å². The Kier molecular flexibility index (Phi) is 4.96. The molecular formula is C20H23N5O2. The number of aliphatic hydroxyl groups excluding tert-OH is 1. The zero-order valence-electron chi connectivity index (χ0n) is 15.4. The molecule has 0 saturated carbocycles. The van der Waals surface area contributed by atoms with Gasteiger partial charge in [-0.25, -0.2) is 15.0 Å². The maximum atomic E-state index is 13.0. The lowest BCUT2D eigenvalue weighted by molar-refractivity contribution is 0.223. The lowest BCUT2D eigenvalue weighted by atomic mass is 10.1. The molecule has 4 rings (SSSR count). The Balaban J connectivity index is 1.74. The number of fused-ring (bicyclic) bond motifs is 1. The topological polar surface area (TPSA) is 84.1 Å². The Morgan fingerprint density at radius 1 is 1.22 bits per heavy atom. The molecule has 0 bridgehead atoms. The van der Waals surface area contributed by atoms with Crippen molar-refractivity contribution >= 4 is 10.9 Å². The van der Waals surface area contributed by atoms with Gasteiger partial charge in [-0.1, -0.05) is 12.1 Å². The molecule has 140 valence electrons. The highest BCUT2D eigenvalue weighted by Gasteiger charge is 2.30. The van der Waals surface area contributed by atoms with Crippen molar-refractivity contribution in [1.82, 2.24) is 24.4 Å². The largest absolute Gasteiger partial charge is 0.395 e. The minimum absolute atomic E-state index is 0.0372. The zero-order valence-corrected chi connectivity index (χ0v) is 15.4. The number of hydrogen-bond acceptors (Lipinski definition) is 6. The van der Waals surface area contributed by atoms with E-state index < -0.39 is 0 Å². The summed E-state index contributed by atoms with van der Waals surface area (Å²) in [6, 6.07) is 7.43. The Morgan fingerprint density at radius 3 is 2.78 bits per heavy atom. The average Bonchev–Trinajstić information content (AvgIpc) is 3.14. The highest BCUT2D eigenvalue weighted by Crippen LogP contribution is 2.32. The molecule has 1 aliphatic heterocycles. The Bertz CT molecular complexity index is 999. The first kappa shape index (κ1) is 17.8. The number of rotatable bonds is 5. The van der Waals surface area contributed by atoms with Crippen LogP contribution in [0.25, 0.3) is 10.9 Å². The summed E-state index contributed by atoms with van der Waals surface area (Å²) in [5.41, 5.74) is 1.66. The fraction of sp³-hybridized carbons (Fsp3) is 0.400. The van der Waals surface area contributed by atoms with Gasteiger partial charge in [-0.15, -0.1) is 0 Å². The molecule has 1 unspecified atom stereocenters. The second-order valence-electron chi connectivity index (χ2n) is 6.93. The van der Waals surface area contributed by atoms with Gasteiger partial charge in [0.1, 0.15) is 11.6 Å². The number of nitrogens with zero attached hydrogens (tertiary/aromatic N) is 5. The number of likely N-dealkylation sites (tertiary alicyclic amines) is 1. The van der Waals surface area contributed by atoms with Gasteiger partial charge in [-0.05, 0) is 38.4 Å². The number of aromatic nitrogens is 4. The summed E-state index contributed by atoms with van der Waals surface area (Å²) < 4.78 is 1.64. The van der Waals surface area contributed by atoms with Crippen molar-refractivity contribution in [2.24, 2.45) is 0 Å².